The lowest BCUT2D eigenvalue weighted by molar-refractivity contribution is -0.112. The Morgan fingerprint density at radius 1 is 1.08 bits per heavy atom. The molecular formula is C17H10Cl2N4O. The monoisotopic (exact) mass is 356 g/mol. The second-order valence-corrected chi connectivity index (χ2v) is 5.39. The topological polar surface area (TPSA) is 88.7 Å². The molecule has 1 amide bonds. The zero-order chi connectivity index (χ0) is 17.5. The predicted molar refractivity (Wildman–Crippen MR) is 93.6 cm³/mol. The number of benzene rings is 2. The lowest BCUT2D eigenvalue weighted by atomic mass is 10.2. The molecular weight excluding hydrogens is 347 g/mol. The van der Waals surface area contributed by atoms with Crippen molar-refractivity contribution in [2.45, 2.75) is 0 Å². The number of halogens is 2. The van der Waals surface area contributed by atoms with Crippen LogP contribution in [0, 0.1) is 22.7 Å². The number of hydrogen-bond acceptors (Lipinski definition) is 4. The molecule has 2 N–H and O–H groups in total. The molecule has 0 radical (unpaired) electrons. The molecule has 0 saturated heterocycles. The van der Waals surface area contributed by atoms with E-state index in [9.17, 15) is 4.79 Å². The molecule has 2 aromatic carbocycles. The van der Waals surface area contributed by atoms with Crippen molar-refractivity contribution >= 4 is 40.5 Å². The van der Waals surface area contributed by atoms with Crippen molar-refractivity contribution in [2.75, 3.05) is 10.6 Å². The minimum atomic E-state index is -0.641. The maximum Gasteiger partial charge on any atom is 0.267 e. The lowest BCUT2D eigenvalue weighted by Gasteiger charge is -2.07. The Bertz CT molecular complexity index is 894. The van der Waals surface area contributed by atoms with Gasteiger partial charge in [0.05, 0.1) is 22.0 Å². The van der Waals surface area contributed by atoms with Crippen molar-refractivity contribution < 1.29 is 4.79 Å². The minimum Gasteiger partial charge on any atom is -0.359 e. The Kier molecular flexibility index (Phi) is 5.81. The molecule has 0 saturated carbocycles. The van der Waals surface area contributed by atoms with Crippen molar-refractivity contribution in [1.82, 2.24) is 0 Å². The van der Waals surface area contributed by atoms with Gasteiger partial charge in [0.1, 0.15) is 17.7 Å². The van der Waals surface area contributed by atoms with Gasteiger partial charge in [-0.15, -0.1) is 0 Å². The molecule has 0 aromatic heterocycles. The van der Waals surface area contributed by atoms with E-state index in [2.05, 4.69) is 10.6 Å². The summed E-state index contributed by atoms with van der Waals surface area (Å²) in [4.78, 5) is 12.2. The van der Waals surface area contributed by atoms with Crippen molar-refractivity contribution in [1.29, 1.82) is 10.5 Å². The summed E-state index contributed by atoms with van der Waals surface area (Å²) in [7, 11) is 0. The van der Waals surface area contributed by atoms with Crippen molar-refractivity contribution in [3.63, 3.8) is 0 Å². The molecule has 2 rings (SSSR count). The first-order chi connectivity index (χ1) is 11.5. The molecule has 0 aliphatic rings. The number of hydrogen-bond donors (Lipinski definition) is 2. The first kappa shape index (κ1) is 17.4. The van der Waals surface area contributed by atoms with Crippen molar-refractivity contribution in [3.8, 4) is 12.1 Å². The van der Waals surface area contributed by atoms with E-state index in [-0.39, 0.29) is 5.57 Å². The zero-order valence-corrected chi connectivity index (χ0v) is 13.7. The fourth-order valence-corrected chi connectivity index (χ4v) is 2.25. The second kappa shape index (κ2) is 8.03. The van der Waals surface area contributed by atoms with Gasteiger partial charge in [0.2, 0.25) is 0 Å². The van der Waals surface area contributed by atoms with E-state index in [1.165, 1.54) is 12.3 Å². The summed E-state index contributed by atoms with van der Waals surface area (Å²) in [5, 5.41) is 24.3. The summed E-state index contributed by atoms with van der Waals surface area (Å²) in [5.74, 6) is -0.641. The van der Waals surface area contributed by atoms with Crippen LogP contribution in [0.4, 0.5) is 11.4 Å². The van der Waals surface area contributed by atoms with E-state index in [0.717, 1.165) is 0 Å². The molecule has 0 fully saturated rings. The number of carbonyl (C=O) groups is 1. The Balaban J connectivity index is 2.17. The molecule has 5 nitrogen and oxygen atoms in total. The number of amides is 1. The van der Waals surface area contributed by atoms with Crippen LogP contribution in [0.2, 0.25) is 10.0 Å². The number of anilines is 2. The first-order valence-corrected chi connectivity index (χ1v) is 7.43. The van der Waals surface area contributed by atoms with E-state index >= 15 is 0 Å². The van der Waals surface area contributed by atoms with Gasteiger partial charge in [-0.25, -0.2) is 0 Å². The fourth-order valence-electron chi connectivity index (χ4n) is 1.78. The minimum absolute atomic E-state index is 0.172. The summed E-state index contributed by atoms with van der Waals surface area (Å²) >= 11 is 11.8. The van der Waals surface area contributed by atoms with E-state index in [4.69, 9.17) is 33.7 Å². The predicted octanol–water partition coefficient (Wildman–Crippen LogP) is 4.32. The maximum absolute atomic E-state index is 12.2. The van der Waals surface area contributed by atoms with Crippen LogP contribution in [0.25, 0.3) is 0 Å². The number of nitrogens with one attached hydrogen (secondary N) is 2. The molecule has 0 unspecified atom stereocenters. The van der Waals surface area contributed by atoms with Gasteiger partial charge in [0, 0.05) is 11.2 Å². The molecule has 7 heteroatoms. The molecule has 0 atom stereocenters. The Morgan fingerprint density at radius 2 is 1.83 bits per heavy atom. The number of carbonyl (C=O) groups excluding carboxylic acids is 1. The molecule has 24 heavy (non-hydrogen) atoms. The summed E-state index contributed by atoms with van der Waals surface area (Å²) in [6.45, 7) is 0. The Labute approximate surface area is 148 Å². The highest BCUT2D eigenvalue weighted by atomic mass is 35.5. The number of nitriles is 2. The third kappa shape index (κ3) is 4.27. The SMILES string of the molecule is N#C/C(=C/Nc1ccc(Cl)cc1Cl)C(=O)Nc1ccccc1C#N. The second-order valence-electron chi connectivity index (χ2n) is 4.55. The van der Waals surface area contributed by atoms with Gasteiger partial charge < -0.3 is 10.6 Å². The van der Waals surface area contributed by atoms with Gasteiger partial charge in [-0.2, -0.15) is 10.5 Å². The number of para-hydroxylation sites is 1. The molecule has 0 spiro atoms. The molecule has 0 aliphatic heterocycles. The average Bonchev–Trinajstić information content (AvgIpc) is 2.57. The summed E-state index contributed by atoms with van der Waals surface area (Å²) in [6.07, 6.45) is 1.24. The zero-order valence-electron chi connectivity index (χ0n) is 12.2. The summed E-state index contributed by atoms with van der Waals surface area (Å²) in [6, 6.07) is 15.0. The summed E-state index contributed by atoms with van der Waals surface area (Å²) < 4.78 is 0. The van der Waals surface area contributed by atoms with Gasteiger partial charge >= 0.3 is 0 Å². The van der Waals surface area contributed by atoms with E-state index < -0.39 is 5.91 Å². The van der Waals surface area contributed by atoms with Crippen molar-refractivity contribution in [3.05, 3.63) is 69.8 Å². The highest BCUT2D eigenvalue weighted by molar-refractivity contribution is 6.36. The van der Waals surface area contributed by atoms with E-state index in [1.54, 1.807) is 42.5 Å². The quantitative estimate of drug-likeness (QED) is 0.630. The van der Waals surface area contributed by atoms with Crippen LogP contribution < -0.4 is 10.6 Å². The van der Waals surface area contributed by atoms with Gasteiger partial charge in [-0.3, -0.25) is 4.79 Å². The lowest BCUT2D eigenvalue weighted by Crippen LogP contribution is -2.15. The fraction of sp³-hybridized carbons (Fsp3) is 0. The van der Waals surface area contributed by atoms with E-state index in [1.807, 2.05) is 6.07 Å². The highest BCUT2D eigenvalue weighted by Gasteiger charge is 2.11. The molecule has 0 bridgehead atoms. The van der Waals surface area contributed by atoms with Crippen molar-refractivity contribution in [2.24, 2.45) is 0 Å². The molecule has 118 valence electrons. The largest absolute Gasteiger partial charge is 0.359 e. The Hall–Kier alpha value is -2.99. The number of rotatable bonds is 4. The third-order valence-electron chi connectivity index (χ3n) is 2.96. The average molecular weight is 357 g/mol. The van der Waals surface area contributed by atoms with Crippen LogP contribution in [0.3, 0.4) is 0 Å². The molecule has 0 heterocycles. The van der Waals surface area contributed by atoms with E-state index in [0.29, 0.717) is 27.0 Å². The van der Waals surface area contributed by atoms with Crippen LogP contribution in [-0.4, -0.2) is 5.91 Å². The van der Waals surface area contributed by atoms with Gasteiger partial charge in [-0.1, -0.05) is 35.3 Å². The van der Waals surface area contributed by atoms with Gasteiger partial charge in [0.25, 0.3) is 5.91 Å². The van der Waals surface area contributed by atoms with Crippen LogP contribution in [-0.2, 0) is 4.79 Å². The molecule has 0 aliphatic carbocycles. The van der Waals surface area contributed by atoms with Gasteiger partial charge in [0.15, 0.2) is 0 Å². The van der Waals surface area contributed by atoms with Crippen LogP contribution in [0.5, 0.6) is 0 Å². The standard InChI is InChI=1S/C17H10Cl2N4O/c18-13-5-6-16(14(19)7-13)22-10-12(9-21)17(24)23-15-4-2-1-3-11(15)8-20/h1-7,10,22H,(H,23,24)/b12-10-. The van der Waals surface area contributed by atoms with Crippen LogP contribution >= 0.6 is 23.2 Å². The third-order valence-corrected chi connectivity index (χ3v) is 3.51. The normalized spacial score (nSPS) is 10.4. The van der Waals surface area contributed by atoms with Gasteiger partial charge in [-0.05, 0) is 30.3 Å². The summed E-state index contributed by atoms with van der Waals surface area (Å²) in [5.41, 5.74) is 0.959. The smallest absolute Gasteiger partial charge is 0.267 e. The Morgan fingerprint density at radius 3 is 2.50 bits per heavy atom. The number of nitrogens with zero attached hydrogens (tertiary/aromatic N) is 2. The molecule has 2 aromatic rings. The van der Waals surface area contributed by atoms with Crippen LogP contribution in [0.15, 0.2) is 54.2 Å². The van der Waals surface area contributed by atoms with Crippen LogP contribution in [0.1, 0.15) is 5.56 Å². The maximum atomic E-state index is 12.2. The first-order valence-electron chi connectivity index (χ1n) is 6.67. The highest BCUT2D eigenvalue weighted by Crippen LogP contribution is 2.25.